The molecule has 0 amide bonds. The van der Waals surface area contributed by atoms with Gasteiger partial charge in [0.15, 0.2) is 5.66 Å². The number of carboxylic acid groups (broad SMARTS) is 1. The Morgan fingerprint density at radius 2 is 2.45 bits per heavy atom. The molecule has 1 rings (SSSR count). The van der Waals surface area contributed by atoms with E-state index < -0.39 is 11.6 Å². The van der Waals surface area contributed by atoms with Gasteiger partial charge in [0.05, 0.1) is 6.42 Å². The molecule has 0 radical (unpaired) electrons. The van der Waals surface area contributed by atoms with Crippen LogP contribution in [-0.4, -0.2) is 16.7 Å². The van der Waals surface area contributed by atoms with Crippen molar-refractivity contribution in [1.82, 2.24) is 11.0 Å². The van der Waals surface area contributed by atoms with Crippen LogP contribution in [0.25, 0.3) is 0 Å². The zero-order chi connectivity index (χ0) is 8.32. The lowest BCUT2D eigenvalue weighted by Gasteiger charge is -2.19. The summed E-state index contributed by atoms with van der Waals surface area (Å²) in [7, 11) is 0. The van der Waals surface area contributed by atoms with Gasteiger partial charge in [-0.25, -0.2) is 5.53 Å². The van der Waals surface area contributed by atoms with Crippen molar-refractivity contribution in [2.24, 2.45) is 10.3 Å². The number of nitrogens with one attached hydrogen (secondary N) is 2. The lowest BCUT2D eigenvalue weighted by atomic mass is 10.1. The molecule has 1 heterocycles. The summed E-state index contributed by atoms with van der Waals surface area (Å²) in [5.41, 5.74) is 4.36. The average molecular weight is 158 g/mol. The Bertz CT molecular complexity index is 193. The summed E-state index contributed by atoms with van der Waals surface area (Å²) in [4.78, 5) is 10.3. The number of carboxylic acids is 1. The predicted octanol–water partition coefficient (Wildman–Crippen LogP) is 0.0424. The molecular weight excluding hydrogens is 148 g/mol. The van der Waals surface area contributed by atoms with E-state index in [1.807, 2.05) is 6.92 Å². The van der Waals surface area contributed by atoms with Crippen LogP contribution in [0.15, 0.2) is 10.3 Å². The van der Waals surface area contributed by atoms with E-state index in [4.69, 9.17) is 5.11 Å². The van der Waals surface area contributed by atoms with Gasteiger partial charge in [-0.2, -0.15) is 5.43 Å². The van der Waals surface area contributed by atoms with Crippen LogP contribution in [-0.2, 0) is 4.79 Å². The van der Waals surface area contributed by atoms with E-state index in [1.165, 1.54) is 0 Å². The smallest absolute Gasteiger partial charge is 0.307 e. The molecule has 11 heavy (non-hydrogen) atoms. The highest BCUT2D eigenvalue weighted by molar-refractivity contribution is 5.68. The Labute approximate surface area is 63.6 Å². The van der Waals surface area contributed by atoms with Gasteiger partial charge in [-0.05, 0) is 6.42 Å². The van der Waals surface area contributed by atoms with Crippen LogP contribution >= 0.6 is 0 Å². The standard InChI is InChI=1S/C5H10N4O2/c1-2-5(3-4(10)11)6-8-9-7-5/h2-3H2,1H3,(H,6,9)(H,7,8)(H,10,11). The van der Waals surface area contributed by atoms with Crippen LogP contribution in [0.1, 0.15) is 19.8 Å². The van der Waals surface area contributed by atoms with Gasteiger partial charge in [-0.3, -0.25) is 4.79 Å². The first-order valence-corrected chi connectivity index (χ1v) is 3.34. The number of carbonyl (C=O) groups is 1. The molecule has 0 saturated heterocycles. The first kappa shape index (κ1) is 7.93. The molecule has 1 aliphatic heterocycles. The van der Waals surface area contributed by atoms with E-state index in [9.17, 15) is 4.79 Å². The molecule has 0 saturated carbocycles. The Kier molecular flexibility index (Phi) is 2.04. The van der Waals surface area contributed by atoms with Crippen LogP contribution in [0.3, 0.4) is 0 Å². The predicted molar refractivity (Wildman–Crippen MR) is 36.4 cm³/mol. The van der Waals surface area contributed by atoms with Crippen molar-refractivity contribution < 1.29 is 9.90 Å². The fourth-order valence-electron chi connectivity index (χ4n) is 0.889. The fraction of sp³-hybridized carbons (Fsp3) is 0.800. The molecule has 0 fully saturated rings. The van der Waals surface area contributed by atoms with Crippen LogP contribution in [0.4, 0.5) is 0 Å². The van der Waals surface area contributed by atoms with Crippen molar-refractivity contribution in [2.75, 3.05) is 0 Å². The lowest BCUT2D eigenvalue weighted by molar-refractivity contribution is -0.138. The zero-order valence-electron chi connectivity index (χ0n) is 6.16. The molecule has 0 spiro atoms. The van der Waals surface area contributed by atoms with Crippen molar-refractivity contribution in [3.8, 4) is 0 Å². The van der Waals surface area contributed by atoms with Gasteiger partial charge in [0, 0.05) is 0 Å². The summed E-state index contributed by atoms with van der Waals surface area (Å²) < 4.78 is 0. The van der Waals surface area contributed by atoms with E-state index in [0.717, 1.165) is 0 Å². The largest absolute Gasteiger partial charge is 0.481 e. The minimum atomic E-state index is -0.887. The maximum absolute atomic E-state index is 10.3. The van der Waals surface area contributed by atoms with E-state index in [2.05, 4.69) is 21.3 Å². The monoisotopic (exact) mass is 158 g/mol. The summed E-state index contributed by atoms with van der Waals surface area (Å²) in [6, 6.07) is 0. The second-order valence-corrected chi connectivity index (χ2v) is 2.39. The molecule has 0 aromatic carbocycles. The Morgan fingerprint density at radius 1 is 1.73 bits per heavy atom. The molecule has 3 N–H and O–H groups in total. The highest BCUT2D eigenvalue weighted by Gasteiger charge is 2.33. The second-order valence-electron chi connectivity index (χ2n) is 2.39. The number of hydrogen-bond donors (Lipinski definition) is 3. The molecule has 62 valence electrons. The Balaban J connectivity index is 2.60. The average Bonchev–Trinajstić information content (AvgIpc) is 2.36. The lowest BCUT2D eigenvalue weighted by Crippen LogP contribution is -2.45. The van der Waals surface area contributed by atoms with Crippen LogP contribution in [0.5, 0.6) is 0 Å². The first-order valence-electron chi connectivity index (χ1n) is 3.34. The summed E-state index contributed by atoms with van der Waals surface area (Å²) in [5, 5.41) is 15.7. The zero-order valence-corrected chi connectivity index (χ0v) is 6.16. The van der Waals surface area contributed by atoms with E-state index in [-0.39, 0.29) is 6.42 Å². The van der Waals surface area contributed by atoms with Gasteiger partial charge >= 0.3 is 5.97 Å². The van der Waals surface area contributed by atoms with Gasteiger partial charge in [0.25, 0.3) is 0 Å². The van der Waals surface area contributed by atoms with Crippen molar-refractivity contribution in [3.63, 3.8) is 0 Å². The normalized spacial score (nSPS) is 28.5. The van der Waals surface area contributed by atoms with Gasteiger partial charge in [0.1, 0.15) is 0 Å². The van der Waals surface area contributed by atoms with E-state index in [0.29, 0.717) is 6.42 Å². The minimum Gasteiger partial charge on any atom is -0.481 e. The first-order chi connectivity index (χ1) is 5.18. The van der Waals surface area contributed by atoms with Crippen LogP contribution < -0.4 is 11.0 Å². The topological polar surface area (TPSA) is 86.1 Å². The Morgan fingerprint density at radius 3 is 2.82 bits per heavy atom. The van der Waals surface area contributed by atoms with E-state index >= 15 is 0 Å². The highest BCUT2D eigenvalue weighted by Crippen LogP contribution is 2.19. The Hall–Kier alpha value is -1.17. The van der Waals surface area contributed by atoms with Gasteiger partial charge in [-0.15, -0.1) is 5.11 Å². The molecule has 0 aromatic rings. The van der Waals surface area contributed by atoms with Crippen molar-refractivity contribution in [1.29, 1.82) is 0 Å². The molecular formula is C5H10N4O2. The summed E-state index contributed by atoms with van der Waals surface area (Å²) in [6.45, 7) is 1.85. The number of nitrogens with zero attached hydrogens (tertiary/aromatic N) is 2. The third kappa shape index (κ3) is 1.64. The van der Waals surface area contributed by atoms with Gasteiger partial charge in [-0.1, -0.05) is 12.1 Å². The quantitative estimate of drug-likeness (QED) is 0.541. The van der Waals surface area contributed by atoms with Crippen LogP contribution in [0, 0.1) is 0 Å². The molecule has 6 heteroatoms. The van der Waals surface area contributed by atoms with E-state index in [1.54, 1.807) is 0 Å². The molecule has 6 nitrogen and oxygen atoms in total. The molecule has 1 atom stereocenters. The van der Waals surface area contributed by atoms with Gasteiger partial charge in [0.2, 0.25) is 0 Å². The number of hydrazine groups is 1. The number of rotatable bonds is 3. The maximum atomic E-state index is 10.3. The summed E-state index contributed by atoms with van der Waals surface area (Å²) in [6.07, 6.45) is 0.537. The highest BCUT2D eigenvalue weighted by atomic mass is 16.4. The van der Waals surface area contributed by atoms with Crippen molar-refractivity contribution in [3.05, 3.63) is 0 Å². The van der Waals surface area contributed by atoms with Crippen LogP contribution in [0.2, 0.25) is 0 Å². The number of aliphatic carboxylic acids is 1. The minimum absolute atomic E-state index is 0.0556. The molecule has 1 unspecified atom stereocenters. The van der Waals surface area contributed by atoms with Gasteiger partial charge < -0.3 is 5.11 Å². The molecule has 0 aliphatic carbocycles. The fourth-order valence-corrected chi connectivity index (χ4v) is 0.889. The molecule has 0 aromatic heterocycles. The van der Waals surface area contributed by atoms with Crippen molar-refractivity contribution >= 4 is 5.97 Å². The maximum Gasteiger partial charge on any atom is 0.307 e. The summed E-state index contributed by atoms with van der Waals surface area (Å²) in [5.74, 6) is -0.887. The third-order valence-corrected chi connectivity index (χ3v) is 1.61. The second kappa shape index (κ2) is 2.83. The SMILES string of the molecule is CCC1(CC(=O)O)N=NNN1. The molecule has 1 aliphatic rings. The molecule has 0 bridgehead atoms. The third-order valence-electron chi connectivity index (χ3n) is 1.61. The summed E-state index contributed by atoms with van der Waals surface area (Å²) >= 11 is 0. The number of hydrogen-bond acceptors (Lipinski definition) is 5. The van der Waals surface area contributed by atoms with Crippen molar-refractivity contribution in [2.45, 2.75) is 25.4 Å².